The summed E-state index contributed by atoms with van der Waals surface area (Å²) in [5.41, 5.74) is 27.0. The molecule has 0 nitrogen and oxygen atoms in total. The summed E-state index contributed by atoms with van der Waals surface area (Å²) in [6, 6.07) is 44.3. The van der Waals surface area contributed by atoms with Crippen LogP contribution >= 0.6 is 0 Å². The molecule has 0 radical (unpaired) electrons. The molecule has 0 aliphatic rings. The Bertz CT molecular complexity index is 2340. The molecule has 6 aromatic carbocycles. The first kappa shape index (κ1) is 52.7. The molecule has 0 bridgehead atoms. The molecule has 0 saturated heterocycles. The maximum Gasteiger partial charge on any atom is -0.000857 e. The lowest BCUT2D eigenvalue weighted by Gasteiger charge is -2.31. The highest BCUT2D eigenvalue weighted by Gasteiger charge is 2.31. The average molecular weight is 907 g/mol. The van der Waals surface area contributed by atoms with Gasteiger partial charge in [-0.1, -0.05) is 210 Å². The SMILES string of the molecule is CCCCc1cccc(CCCC)c1-c1cc(-c2c(CCCC)cccc2CCCC)c(-c2c(CCCC)cccc2CCCC)c(-c2c(CCCC)cccc2CCCC)c1-c1ccccc1. The molecule has 0 aliphatic heterocycles. The van der Waals surface area contributed by atoms with Crippen LogP contribution in [0.2, 0.25) is 0 Å². The van der Waals surface area contributed by atoms with Gasteiger partial charge in [0.1, 0.15) is 0 Å². The summed E-state index contributed by atoms with van der Waals surface area (Å²) in [5, 5.41) is 0. The molecule has 0 aromatic heterocycles. The number of aryl methyl sites for hydroxylation is 8. The van der Waals surface area contributed by atoms with Crippen LogP contribution in [0.5, 0.6) is 0 Å². The maximum atomic E-state index is 2.81. The van der Waals surface area contributed by atoms with Crippen LogP contribution in [0.3, 0.4) is 0 Å². The van der Waals surface area contributed by atoms with Gasteiger partial charge >= 0.3 is 0 Å². The smallest absolute Gasteiger partial charge is 0.000857 e. The second-order valence-corrected chi connectivity index (χ2v) is 20.1. The lowest BCUT2D eigenvalue weighted by Crippen LogP contribution is -2.09. The van der Waals surface area contributed by atoms with E-state index in [1.165, 1.54) is 203 Å². The first-order chi connectivity index (χ1) is 33.5. The zero-order chi connectivity index (χ0) is 48.1. The van der Waals surface area contributed by atoms with Crippen molar-refractivity contribution in [1.82, 2.24) is 0 Å². The van der Waals surface area contributed by atoms with Crippen LogP contribution in [-0.2, 0) is 51.4 Å². The largest absolute Gasteiger partial charge is 0.0654 e. The summed E-state index contributed by atoms with van der Waals surface area (Å²) in [6.07, 6.45) is 27.7. The Kier molecular flexibility index (Phi) is 21.8. The molecule has 0 unspecified atom stereocenters. The van der Waals surface area contributed by atoms with Crippen molar-refractivity contribution in [1.29, 1.82) is 0 Å². The predicted octanol–water partition coefficient (Wildman–Crippen LogP) is 20.8. The summed E-state index contributed by atoms with van der Waals surface area (Å²) in [5.74, 6) is 0. The monoisotopic (exact) mass is 907 g/mol. The molecule has 6 rings (SSSR count). The van der Waals surface area contributed by atoms with Crippen LogP contribution < -0.4 is 0 Å². The zero-order valence-corrected chi connectivity index (χ0v) is 44.4. The molecule has 0 amide bonds. The molecular weight excluding hydrogens is 817 g/mol. The molecule has 6 aromatic rings. The van der Waals surface area contributed by atoms with Gasteiger partial charge in [0.15, 0.2) is 0 Å². The Labute approximate surface area is 416 Å². The molecule has 0 heterocycles. The molecule has 0 saturated carbocycles. The summed E-state index contributed by atoms with van der Waals surface area (Å²) in [4.78, 5) is 0. The molecule has 0 heteroatoms. The van der Waals surface area contributed by atoms with Crippen molar-refractivity contribution >= 4 is 0 Å². The second kappa shape index (κ2) is 28.1. The van der Waals surface area contributed by atoms with E-state index in [1.54, 1.807) is 0 Å². The van der Waals surface area contributed by atoms with Gasteiger partial charge in [0.2, 0.25) is 0 Å². The van der Waals surface area contributed by atoms with Gasteiger partial charge in [0.25, 0.3) is 0 Å². The van der Waals surface area contributed by atoms with Crippen molar-refractivity contribution in [3.63, 3.8) is 0 Å². The second-order valence-electron chi connectivity index (χ2n) is 20.1. The van der Waals surface area contributed by atoms with Gasteiger partial charge in [0, 0.05) is 0 Å². The van der Waals surface area contributed by atoms with Crippen molar-refractivity contribution in [3.8, 4) is 55.6 Å². The van der Waals surface area contributed by atoms with E-state index in [2.05, 4.69) is 165 Å². The summed E-state index contributed by atoms with van der Waals surface area (Å²) < 4.78 is 0. The minimum atomic E-state index is 1.09. The van der Waals surface area contributed by atoms with Crippen LogP contribution in [0.1, 0.15) is 203 Å². The Morgan fingerprint density at radius 1 is 0.221 bits per heavy atom. The van der Waals surface area contributed by atoms with Crippen molar-refractivity contribution in [3.05, 3.63) is 154 Å². The van der Waals surface area contributed by atoms with E-state index in [-0.39, 0.29) is 0 Å². The summed E-state index contributed by atoms with van der Waals surface area (Å²) in [6.45, 7) is 19.0. The molecular formula is C68H90. The van der Waals surface area contributed by atoms with E-state index in [0.717, 1.165) is 51.4 Å². The third kappa shape index (κ3) is 12.9. The van der Waals surface area contributed by atoms with E-state index in [9.17, 15) is 0 Å². The van der Waals surface area contributed by atoms with Crippen molar-refractivity contribution in [2.75, 3.05) is 0 Å². The van der Waals surface area contributed by atoms with E-state index in [0.29, 0.717) is 0 Å². The van der Waals surface area contributed by atoms with Crippen LogP contribution in [0, 0.1) is 0 Å². The van der Waals surface area contributed by atoms with E-state index < -0.39 is 0 Å². The van der Waals surface area contributed by atoms with E-state index in [4.69, 9.17) is 0 Å². The molecule has 68 heavy (non-hydrogen) atoms. The fourth-order valence-electron chi connectivity index (χ4n) is 11.0. The number of hydrogen-bond donors (Lipinski definition) is 0. The van der Waals surface area contributed by atoms with Gasteiger partial charge in [-0.3, -0.25) is 0 Å². The van der Waals surface area contributed by atoms with Crippen molar-refractivity contribution in [2.24, 2.45) is 0 Å². The molecule has 0 atom stereocenters. The zero-order valence-electron chi connectivity index (χ0n) is 44.4. The lowest BCUT2D eigenvalue weighted by molar-refractivity contribution is 0.780. The molecule has 0 fully saturated rings. The minimum Gasteiger partial charge on any atom is -0.0654 e. The molecule has 0 spiro atoms. The average Bonchev–Trinajstić information content (AvgIpc) is 3.37. The normalized spacial score (nSPS) is 11.5. The van der Waals surface area contributed by atoms with Gasteiger partial charge in [-0.25, -0.2) is 0 Å². The third-order valence-corrected chi connectivity index (χ3v) is 14.8. The van der Waals surface area contributed by atoms with E-state index in [1.807, 2.05) is 0 Å². The van der Waals surface area contributed by atoms with Crippen LogP contribution in [0.25, 0.3) is 55.6 Å². The van der Waals surface area contributed by atoms with Gasteiger partial charge in [-0.15, -0.1) is 0 Å². The van der Waals surface area contributed by atoms with Gasteiger partial charge in [-0.2, -0.15) is 0 Å². The summed E-state index contributed by atoms with van der Waals surface area (Å²) in [7, 11) is 0. The van der Waals surface area contributed by atoms with Gasteiger partial charge < -0.3 is 0 Å². The number of rotatable bonds is 29. The highest BCUT2D eigenvalue weighted by Crippen LogP contribution is 2.55. The molecule has 0 aliphatic carbocycles. The topological polar surface area (TPSA) is 0 Å². The molecule has 0 N–H and O–H groups in total. The first-order valence-electron chi connectivity index (χ1n) is 28.2. The minimum absolute atomic E-state index is 1.09. The maximum absolute atomic E-state index is 2.81. The fourth-order valence-corrected chi connectivity index (χ4v) is 11.0. The first-order valence-corrected chi connectivity index (χ1v) is 28.2. The predicted molar refractivity (Wildman–Crippen MR) is 303 cm³/mol. The van der Waals surface area contributed by atoms with Crippen LogP contribution in [0.15, 0.2) is 109 Å². The van der Waals surface area contributed by atoms with Crippen LogP contribution in [0.4, 0.5) is 0 Å². The highest BCUT2D eigenvalue weighted by molar-refractivity contribution is 6.10. The van der Waals surface area contributed by atoms with Gasteiger partial charge in [-0.05, 0) is 209 Å². The molecule has 362 valence electrons. The quantitative estimate of drug-likeness (QED) is 0.0440. The number of hydrogen-bond acceptors (Lipinski definition) is 0. The lowest BCUT2D eigenvalue weighted by atomic mass is 9.72. The fraction of sp³-hybridized carbons (Fsp3) is 0.471. The number of unbranched alkanes of at least 4 members (excludes halogenated alkanes) is 8. The van der Waals surface area contributed by atoms with Gasteiger partial charge in [0.05, 0.1) is 0 Å². The standard InChI is InChI=1S/C68H90/c1-9-17-32-51-42-28-43-52(33-18-10-2)62(51)60-50-61(63-53(34-19-11-3)44-29-45-54(63)35-20-12-4)67(64-55(36-21-13-5)46-30-47-56(64)37-22-14-6)68(66(60)59-40-26-25-27-41-59)65-57(38-23-15-7)48-31-49-58(65)39-24-16-8/h25-31,40-50H,9-24,32-39H2,1-8H3. The Morgan fingerprint density at radius 3 is 0.750 bits per heavy atom. The third-order valence-electron chi connectivity index (χ3n) is 14.8. The Morgan fingerprint density at radius 2 is 0.471 bits per heavy atom. The van der Waals surface area contributed by atoms with Crippen molar-refractivity contribution in [2.45, 2.75) is 209 Å². The Hall–Kier alpha value is -4.68. The van der Waals surface area contributed by atoms with Crippen LogP contribution in [-0.4, -0.2) is 0 Å². The summed E-state index contributed by atoms with van der Waals surface area (Å²) >= 11 is 0. The number of benzene rings is 6. The highest BCUT2D eigenvalue weighted by atomic mass is 14.3. The van der Waals surface area contributed by atoms with E-state index >= 15 is 0 Å². The van der Waals surface area contributed by atoms with Crippen molar-refractivity contribution < 1.29 is 0 Å². The Balaban J connectivity index is 2.05.